The van der Waals surface area contributed by atoms with E-state index in [4.69, 9.17) is 0 Å². The van der Waals surface area contributed by atoms with Gasteiger partial charge in [-0.25, -0.2) is 0 Å². The van der Waals surface area contributed by atoms with E-state index in [-0.39, 0.29) is 10.6 Å². The first-order valence-electron chi connectivity index (χ1n) is 6.92. The zero-order chi connectivity index (χ0) is 15.7. The molecule has 1 aromatic heterocycles. The molecule has 0 aliphatic carbocycles. The predicted molar refractivity (Wildman–Crippen MR) is 87.6 cm³/mol. The molecule has 0 saturated heterocycles. The summed E-state index contributed by atoms with van der Waals surface area (Å²) in [4.78, 5) is 14.8. The molecule has 22 heavy (non-hydrogen) atoms. The molecule has 0 amide bonds. The lowest BCUT2D eigenvalue weighted by Crippen LogP contribution is -1.96. The van der Waals surface area contributed by atoms with E-state index in [0.29, 0.717) is 0 Å². The topological polar surface area (TPSA) is 68.1 Å². The molecule has 0 fully saturated rings. The molecule has 0 bridgehead atoms. The Morgan fingerprint density at radius 2 is 1.86 bits per heavy atom. The maximum absolute atomic E-state index is 10.8. The minimum absolute atomic E-state index is 0.0958. The molecule has 0 aliphatic heterocycles. The first-order chi connectivity index (χ1) is 10.5. The largest absolute Gasteiger partial charge is 0.355 e. The predicted octanol–water partition coefficient (Wildman–Crippen LogP) is 4.50. The maximum atomic E-state index is 10.8. The van der Waals surface area contributed by atoms with Crippen LogP contribution in [-0.2, 0) is 0 Å². The van der Waals surface area contributed by atoms with Crippen LogP contribution >= 0.6 is 0 Å². The number of hydrogen-bond acceptors (Lipinski definition) is 4. The summed E-state index contributed by atoms with van der Waals surface area (Å²) in [6.07, 6.45) is 1.75. The molecule has 3 aromatic rings. The number of aryl methyl sites for hydroxylation is 2. The molecule has 5 heteroatoms. The molecule has 0 unspecified atom stereocenters. The third-order valence-corrected chi connectivity index (χ3v) is 3.59. The van der Waals surface area contributed by atoms with Crippen molar-refractivity contribution in [2.24, 2.45) is 0 Å². The standard InChI is InChI=1S/C17H15N3O2/c1-11-3-5-16-14(9-11)17(7-8-18-16)19-15-6-4-13(20(21)22)10-12(15)2/h3-10H,1-2H3,(H,18,19). The minimum atomic E-state index is -0.387. The fraction of sp³-hybridized carbons (Fsp3) is 0.118. The van der Waals surface area contributed by atoms with E-state index in [1.807, 2.05) is 32.0 Å². The van der Waals surface area contributed by atoms with Crippen molar-refractivity contribution in [2.45, 2.75) is 13.8 Å². The van der Waals surface area contributed by atoms with Crippen LogP contribution in [0.1, 0.15) is 11.1 Å². The fourth-order valence-electron chi connectivity index (χ4n) is 2.42. The number of nitrogens with one attached hydrogen (secondary N) is 1. The van der Waals surface area contributed by atoms with E-state index < -0.39 is 0 Å². The number of nitro benzene ring substituents is 1. The second-order valence-corrected chi connectivity index (χ2v) is 5.26. The highest BCUT2D eigenvalue weighted by atomic mass is 16.6. The molecular weight excluding hydrogens is 278 g/mol. The van der Waals surface area contributed by atoms with Crippen molar-refractivity contribution in [3.05, 3.63) is 69.9 Å². The summed E-state index contributed by atoms with van der Waals surface area (Å²) in [6.45, 7) is 3.89. The number of hydrogen-bond donors (Lipinski definition) is 1. The number of nitrogens with zero attached hydrogens (tertiary/aromatic N) is 2. The Hall–Kier alpha value is -2.95. The molecule has 2 aromatic carbocycles. The van der Waals surface area contributed by atoms with Crippen LogP contribution < -0.4 is 5.32 Å². The number of non-ortho nitro benzene ring substituents is 1. The van der Waals surface area contributed by atoms with Crippen LogP contribution in [0.15, 0.2) is 48.7 Å². The quantitative estimate of drug-likeness (QED) is 0.570. The van der Waals surface area contributed by atoms with Crippen LogP contribution in [0, 0.1) is 24.0 Å². The molecule has 3 rings (SSSR count). The Balaban J connectivity index is 2.03. The molecule has 1 N–H and O–H groups in total. The lowest BCUT2D eigenvalue weighted by atomic mass is 10.1. The summed E-state index contributed by atoms with van der Waals surface area (Å²) in [5, 5.41) is 15.2. The summed E-state index contributed by atoms with van der Waals surface area (Å²) in [5.74, 6) is 0. The summed E-state index contributed by atoms with van der Waals surface area (Å²) in [7, 11) is 0. The van der Waals surface area contributed by atoms with Gasteiger partial charge in [-0.1, -0.05) is 11.6 Å². The zero-order valence-electron chi connectivity index (χ0n) is 12.3. The van der Waals surface area contributed by atoms with Crippen LogP contribution in [-0.4, -0.2) is 9.91 Å². The highest BCUT2D eigenvalue weighted by Crippen LogP contribution is 2.29. The molecule has 0 saturated carbocycles. The van der Waals surface area contributed by atoms with Crippen LogP contribution in [0.3, 0.4) is 0 Å². The Morgan fingerprint density at radius 1 is 1.05 bits per heavy atom. The third-order valence-electron chi connectivity index (χ3n) is 3.59. The van der Waals surface area contributed by atoms with Gasteiger partial charge >= 0.3 is 0 Å². The number of nitro groups is 1. The number of anilines is 2. The third kappa shape index (κ3) is 2.61. The van der Waals surface area contributed by atoms with Crippen LogP contribution in [0.5, 0.6) is 0 Å². The van der Waals surface area contributed by atoms with E-state index in [1.165, 1.54) is 6.07 Å². The second kappa shape index (κ2) is 5.44. The minimum Gasteiger partial charge on any atom is -0.355 e. The molecule has 1 heterocycles. The first kappa shape index (κ1) is 14.0. The highest BCUT2D eigenvalue weighted by Gasteiger charge is 2.09. The van der Waals surface area contributed by atoms with Crippen LogP contribution in [0.2, 0.25) is 0 Å². The van der Waals surface area contributed by atoms with Gasteiger partial charge < -0.3 is 5.32 Å². The number of aromatic nitrogens is 1. The molecule has 0 spiro atoms. The Kier molecular flexibility index (Phi) is 3.47. The average Bonchev–Trinajstić information content (AvgIpc) is 2.49. The fourth-order valence-corrected chi connectivity index (χ4v) is 2.42. The van der Waals surface area contributed by atoms with Crippen molar-refractivity contribution in [1.29, 1.82) is 0 Å². The van der Waals surface area contributed by atoms with Gasteiger partial charge in [0.2, 0.25) is 0 Å². The van der Waals surface area contributed by atoms with Crippen molar-refractivity contribution in [2.75, 3.05) is 5.32 Å². The SMILES string of the molecule is Cc1ccc2nccc(Nc3ccc([N+](=O)[O-])cc3C)c2c1. The zero-order valence-corrected chi connectivity index (χ0v) is 12.3. The van der Waals surface area contributed by atoms with Crippen molar-refractivity contribution in [1.82, 2.24) is 4.98 Å². The van der Waals surface area contributed by atoms with Gasteiger partial charge in [0.25, 0.3) is 5.69 Å². The van der Waals surface area contributed by atoms with E-state index in [0.717, 1.165) is 33.4 Å². The summed E-state index contributed by atoms with van der Waals surface area (Å²) < 4.78 is 0. The maximum Gasteiger partial charge on any atom is 0.269 e. The van der Waals surface area contributed by atoms with Gasteiger partial charge in [0.15, 0.2) is 0 Å². The van der Waals surface area contributed by atoms with Gasteiger partial charge in [0.05, 0.1) is 10.4 Å². The molecular formula is C17H15N3O2. The van der Waals surface area contributed by atoms with Crippen molar-refractivity contribution >= 4 is 28.0 Å². The van der Waals surface area contributed by atoms with Crippen molar-refractivity contribution in [3.63, 3.8) is 0 Å². The highest BCUT2D eigenvalue weighted by molar-refractivity contribution is 5.93. The number of rotatable bonds is 3. The van der Waals surface area contributed by atoms with Gasteiger partial charge in [-0.05, 0) is 43.7 Å². The van der Waals surface area contributed by atoms with E-state index in [1.54, 1.807) is 18.3 Å². The Morgan fingerprint density at radius 3 is 2.59 bits per heavy atom. The first-order valence-corrected chi connectivity index (χ1v) is 6.92. The summed E-state index contributed by atoms with van der Waals surface area (Å²) in [6, 6.07) is 12.8. The van der Waals surface area contributed by atoms with Gasteiger partial charge in [-0.15, -0.1) is 0 Å². The van der Waals surface area contributed by atoms with Gasteiger partial charge in [-0.2, -0.15) is 0 Å². The number of fused-ring (bicyclic) bond motifs is 1. The number of pyridine rings is 1. The van der Waals surface area contributed by atoms with E-state index in [2.05, 4.69) is 16.4 Å². The van der Waals surface area contributed by atoms with Gasteiger partial charge in [0.1, 0.15) is 0 Å². The second-order valence-electron chi connectivity index (χ2n) is 5.26. The monoisotopic (exact) mass is 293 g/mol. The smallest absolute Gasteiger partial charge is 0.269 e. The molecule has 0 aliphatic rings. The molecule has 0 radical (unpaired) electrons. The van der Waals surface area contributed by atoms with Crippen molar-refractivity contribution in [3.8, 4) is 0 Å². The normalized spacial score (nSPS) is 10.6. The van der Waals surface area contributed by atoms with E-state index >= 15 is 0 Å². The average molecular weight is 293 g/mol. The molecule has 5 nitrogen and oxygen atoms in total. The van der Waals surface area contributed by atoms with Crippen LogP contribution in [0.4, 0.5) is 17.1 Å². The van der Waals surface area contributed by atoms with Gasteiger partial charge in [0, 0.05) is 35.1 Å². The summed E-state index contributed by atoms with van der Waals surface area (Å²) in [5.41, 5.74) is 4.77. The lowest BCUT2D eigenvalue weighted by molar-refractivity contribution is -0.384. The lowest BCUT2D eigenvalue weighted by Gasteiger charge is -2.12. The van der Waals surface area contributed by atoms with Gasteiger partial charge in [-0.3, -0.25) is 15.1 Å². The van der Waals surface area contributed by atoms with E-state index in [9.17, 15) is 10.1 Å². The van der Waals surface area contributed by atoms with Crippen molar-refractivity contribution < 1.29 is 4.92 Å². The van der Waals surface area contributed by atoms with Crippen LogP contribution in [0.25, 0.3) is 10.9 Å². The number of benzene rings is 2. The molecule has 0 atom stereocenters. The summed E-state index contributed by atoms with van der Waals surface area (Å²) >= 11 is 0. The molecule has 110 valence electrons. The Labute approximate surface area is 127 Å². The Bertz CT molecular complexity index is 875.